The SMILES string of the molecule is C[C@@H](CC1CC[C@H](c2ccc(C(=O)CCCO)cc2)C1)c1cccc(Cl)c1. The third kappa shape index (κ3) is 5.43. The van der Waals surface area contributed by atoms with Gasteiger partial charge in [-0.1, -0.05) is 54.9 Å². The minimum absolute atomic E-state index is 0.0703. The number of aliphatic hydroxyl groups excluding tert-OH is 1. The lowest BCUT2D eigenvalue weighted by atomic mass is 9.88. The topological polar surface area (TPSA) is 37.3 Å². The smallest absolute Gasteiger partial charge is 0.162 e. The number of carbonyl (C=O) groups excluding carboxylic acids is 1. The highest BCUT2D eigenvalue weighted by Crippen LogP contribution is 2.42. The molecule has 2 nitrogen and oxygen atoms in total. The fraction of sp³-hybridized carbons (Fsp3) is 0.458. The fourth-order valence-corrected chi connectivity index (χ4v) is 4.56. The van der Waals surface area contributed by atoms with Crippen molar-refractivity contribution in [1.29, 1.82) is 0 Å². The molecule has 3 rings (SSSR count). The minimum atomic E-state index is 0.0703. The minimum Gasteiger partial charge on any atom is -0.396 e. The van der Waals surface area contributed by atoms with Gasteiger partial charge in [-0.25, -0.2) is 0 Å². The summed E-state index contributed by atoms with van der Waals surface area (Å²) in [7, 11) is 0. The molecule has 1 N–H and O–H groups in total. The second-order valence-electron chi connectivity index (χ2n) is 7.94. The summed E-state index contributed by atoms with van der Waals surface area (Å²) in [6.45, 7) is 2.37. The van der Waals surface area contributed by atoms with Crippen LogP contribution in [0.25, 0.3) is 0 Å². The molecule has 3 atom stereocenters. The number of Topliss-reactive ketones (excluding diaryl/α,β-unsaturated/α-hetero) is 1. The predicted octanol–water partition coefficient (Wildman–Crippen LogP) is 6.37. The predicted molar refractivity (Wildman–Crippen MR) is 112 cm³/mol. The molecule has 2 aromatic rings. The molecule has 1 unspecified atom stereocenters. The van der Waals surface area contributed by atoms with Crippen molar-refractivity contribution in [2.75, 3.05) is 6.61 Å². The van der Waals surface area contributed by atoms with Gasteiger partial charge in [-0.3, -0.25) is 4.79 Å². The van der Waals surface area contributed by atoms with Gasteiger partial charge >= 0.3 is 0 Å². The molecular formula is C24H29ClO2. The maximum absolute atomic E-state index is 12.0. The summed E-state index contributed by atoms with van der Waals surface area (Å²) in [6, 6.07) is 16.4. The zero-order valence-corrected chi connectivity index (χ0v) is 16.8. The van der Waals surface area contributed by atoms with Crippen molar-refractivity contribution < 1.29 is 9.90 Å². The van der Waals surface area contributed by atoms with Crippen molar-refractivity contribution in [2.24, 2.45) is 5.92 Å². The Bertz CT molecular complexity index is 753. The monoisotopic (exact) mass is 384 g/mol. The number of ketones is 1. The number of carbonyl (C=O) groups is 1. The number of aliphatic hydroxyl groups is 1. The van der Waals surface area contributed by atoms with Gasteiger partial charge in [0.15, 0.2) is 5.78 Å². The highest BCUT2D eigenvalue weighted by atomic mass is 35.5. The van der Waals surface area contributed by atoms with Crippen molar-refractivity contribution in [3.05, 3.63) is 70.2 Å². The van der Waals surface area contributed by atoms with Crippen molar-refractivity contribution in [3.8, 4) is 0 Å². The molecule has 2 aromatic carbocycles. The van der Waals surface area contributed by atoms with E-state index in [9.17, 15) is 4.79 Å². The van der Waals surface area contributed by atoms with Gasteiger partial charge in [-0.05, 0) is 73.1 Å². The maximum atomic E-state index is 12.0. The summed E-state index contributed by atoms with van der Waals surface area (Å²) in [5.74, 6) is 1.99. The zero-order valence-electron chi connectivity index (χ0n) is 16.0. The van der Waals surface area contributed by atoms with E-state index in [1.54, 1.807) is 0 Å². The van der Waals surface area contributed by atoms with Gasteiger partial charge in [0.25, 0.3) is 0 Å². The first-order chi connectivity index (χ1) is 13.1. The molecule has 1 aliphatic rings. The van der Waals surface area contributed by atoms with Gasteiger partial charge in [-0.2, -0.15) is 0 Å². The normalized spacial score (nSPS) is 20.6. The van der Waals surface area contributed by atoms with Crippen molar-refractivity contribution in [2.45, 2.75) is 57.3 Å². The first-order valence-electron chi connectivity index (χ1n) is 10.1. The van der Waals surface area contributed by atoms with E-state index in [1.165, 1.54) is 36.8 Å². The van der Waals surface area contributed by atoms with Crippen LogP contribution in [0.4, 0.5) is 0 Å². The van der Waals surface area contributed by atoms with Crippen LogP contribution in [0.15, 0.2) is 48.5 Å². The Labute approximate surface area is 167 Å². The second kappa shape index (κ2) is 9.52. The van der Waals surface area contributed by atoms with Crippen LogP contribution in [0.2, 0.25) is 5.02 Å². The lowest BCUT2D eigenvalue weighted by molar-refractivity contribution is 0.0971. The third-order valence-electron chi connectivity index (χ3n) is 5.91. The van der Waals surface area contributed by atoms with Crippen LogP contribution in [-0.2, 0) is 0 Å². The molecule has 0 heterocycles. The number of hydrogen-bond acceptors (Lipinski definition) is 2. The van der Waals surface area contributed by atoms with E-state index >= 15 is 0 Å². The number of rotatable bonds is 8. The highest BCUT2D eigenvalue weighted by Gasteiger charge is 2.27. The van der Waals surface area contributed by atoms with Gasteiger partial charge in [0.2, 0.25) is 0 Å². The van der Waals surface area contributed by atoms with Crippen LogP contribution in [0.1, 0.15) is 78.8 Å². The molecule has 1 aliphatic carbocycles. The van der Waals surface area contributed by atoms with Crippen LogP contribution < -0.4 is 0 Å². The third-order valence-corrected chi connectivity index (χ3v) is 6.15. The Morgan fingerprint density at radius 2 is 1.96 bits per heavy atom. The fourth-order valence-electron chi connectivity index (χ4n) is 4.37. The summed E-state index contributed by atoms with van der Waals surface area (Å²) in [6.07, 6.45) is 5.88. The first kappa shape index (κ1) is 20.1. The molecular weight excluding hydrogens is 356 g/mol. The molecule has 0 aromatic heterocycles. The van der Waals surface area contributed by atoms with E-state index in [-0.39, 0.29) is 12.4 Å². The summed E-state index contributed by atoms with van der Waals surface area (Å²) in [4.78, 5) is 12.0. The van der Waals surface area contributed by atoms with Gasteiger partial charge in [-0.15, -0.1) is 0 Å². The summed E-state index contributed by atoms with van der Waals surface area (Å²) in [5, 5.41) is 9.68. The molecule has 0 spiro atoms. The Balaban J connectivity index is 1.55. The Morgan fingerprint density at radius 3 is 2.67 bits per heavy atom. The van der Waals surface area contributed by atoms with Crippen LogP contribution in [0.3, 0.4) is 0 Å². The van der Waals surface area contributed by atoms with E-state index in [0.29, 0.717) is 24.7 Å². The maximum Gasteiger partial charge on any atom is 0.162 e. The molecule has 0 bridgehead atoms. The number of hydrogen-bond donors (Lipinski definition) is 1. The summed E-state index contributed by atoms with van der Waals surface area (Å²) in [5.41, 5.74) is 3.44. The van der Waals surface area contributed by atoms with Gasteiger partial charge < -0.3 is 5.11 Å². The lowest BCUT2D eigenvalue weighted by Gasteiger charge is -2.18. The molecule has 3 heteroatoms. The molecule has 0 amide bonds. The van der Waals surface area contributed by atoms with Crippen LogP contribution in [0, 0.1) is 5.92 Å². The van der Waals surface area contributed by atoms with Crippen LogP contribution >= 0.6 is 11.6 Å². The zero-order chi connectivity index (χ0) is 19.2. The molecule has 0 saturated heterocycles. The molecule has 0 radical (unpaired) electrons. The van der Waals surface area contributed by atoms with E-state index in [4.69, 9.17) is 16.7 Å². The molecule has 1 fully saturated rings. The summed E-state index contributed by atoms with van der Waals surface area (Å²) >= 11 is 6.14. The largest absolute Gasteiger partial charge is 0.396 e. The molecule has 27 heavy (non-hydrogen) atoms. The van der Waals surface area contributed by atoms with Gasteiger partial charge in [0, 0.05) is 23.6 Å². The van der Waals surface area contributed by atoms with E-state index in [2.05, 4.69) is 31.2 Å². The van der Waals surface area contributed by atoms with Gasteiger partial charge in [0.05, 0.1) is 0 Å². The Hall–Kier alpha value is -1.64. The van der Waals surface area contributed by atoms with Crippen LogP contribution in [0.5, 0.6) is 0 Å². The average Bonchev–Trinajstić information content (AvgIpc) is 3.14. The standard InChI is InChI=1S/C24H29ClO2/c1-17(21-4-2-5-23(25)16-21)14-18-7-8-22(15-18)19-9-11-20(12-10-19)24(27)6-3-13-26/h2,4-5,9-12,16-18,22,26H,3,6-8,13-15H2,1H3/t17-,18?,22-/m0/s1. The second-order valence-corrected chi connectivity index (χ2v) is 8.38. The lowest BCUT2D eigenvalue weighted by Crippen LogP contribution is -2.03. The van der Waals surface area contributed by atoms with Crippen molar-refractivity contribution >= 4 is 17.4 Å². The Morgan fingerprint density at radius 1 is 1.19 bits per heavy atom. The van der Waals surface area contributed by atoms with Crippen molar-refractivity contribution in [1.82, 2.24) is 0 Å². The first-order valence-corrected chi connectivity index (χ1v) is 10.4. The quantitative estimate of drug-likeness (QED) is 0.536. The number of halogens is 1. The molecule has 0 aliphatic heterocycles. The van der Waals surface area contributed by atoms with E-state index < -0.39 is 0 Å². The Kier molecular flexibility index (Phi) is 7.09. The number of benzene rings is 2. The molecule has 1 saturated carbocycles. The summed E-state index contributed by atoms with van der Waals surface area (Å²) < 4.78 is 0. The van der Waals surface area contributed by atoms with E-state index in [1.807, 2.05) is 24.3 Å². The average molecular weight is 385 g/mol. The highest BCUT2D eigenvalue weighted by molar-refractivity contribution is 6.30. The van der Waals surface area contributed by atoms with E-state index in [0.717, 1.165) is 16.5 Å². The van der Waals surface area contributed by atoms with Crippen molar-refractivity contribution in [3.63, 3.8) is 0 Å². The van der Waals surface area contributed by atoms with Crippen LogP contribution in [-0.4, -0.2) is 17.5 Å². The van der Waals surface area contributed by atoms with Gasteiger partial charge in [0.1, 0.15) is 0 Å². The molecule has 144 valence electrons.